The van der Waals surface area contributed by atoms with Crippen molar-refractivity contribution < 1.29 is 9.53 Å². The zero-order valence-electron chi connectivity index (χ0n) is 18.5. The van der Waals surface area contributed by atoms with Crippen LogP contribution in [0.15, 0.2) is 29.1 Å². The Hall–Kier alpha value is -2.42. The highest BCUT2D eigenvalue weighted by atomic mass is 35.5. The molecule has 2 saturated heterocycles. The molecule has 1 N–H and O–H groups in total. The number of benzene rings is 1. The van der Waals surface area contributed by atoms with Crippen molar-refractivity contribution in [2.24, 2.45) is 0 Å². The highest BCUT2D eigenvalue weighted by Crippen LogP contribution is 2.15. The molecule has 8 nitrogen and oxygen atoms in total. The molecule has 32 heavy (non-hydrogen) atoms. The van der Waals surface area contributed by atoms with Gasteiger partial charge in [0.1, 0.15) is 0 Å². The van der Waals surface area contributed by atoms with Crippen LogP contribution in [0, 0.1) is 6.92 Å². The molecule has 2 aromatic rings. The standard InChI is InChI=1S/C23H30ClN5O3/c1-17-20(22(31)26-23(25-17)29-12-14-32-15-13-29)6-7-21(30)28-10-8-27(9-11-28)16-18-2-4-19(24)5-3-18/h2-5H,6-16H2,1H3,(H,25,26,31). The minimum atomic E-state index is -0.153. The van der Waals surface area contributed by atoms with Crippen LogP contribution in [0.4, 0.5) is 5.95 Å². The molecule has 2 aliphatic rings. The topological polar surface area (TPSA) is 81.8 Å². The summed E-state index contributed by atoms with van der Waals surface area (Å²) in [5, 5.41) is 0.740. The smallest absolute Gasteiger partial charge is 0.255 e. The van der Waals surface area contributed by atoms with Crippen LogP contribution in [0.1, 0.15) is 23.2 Å². The predicted molar refractivity (Wildman–Crippen MR) is 124 cm³/mol. The highest BCUT2D eigenvalue weighted by molar-refractivity contribution is 6.30. The molecule has 0 bridgehead atoms. The summed E-state index contributed by atoms with van der Waals surface area (Å²) in [5.74, 6) is 0.676. The fraction of sp³-hybridized carbons (Fsp3) is 0.522. The third-order valence-corrected chi connectivity index (χ3v) is 6.41. The average Bonchev–Trinajstić information content (AvgIpc) is 2.81. The Kier molecular flexibility index (Phi) is 7.44. The maximum Gasteiger partial charge on any atom is 0.255 e. The Balaban J connectivity index is 1.27. The van der Waals surface area contributed by atoms with E-state index < -0.39 is 0 Å². The number of carbonyl (C=O) groups is 1. The fourth-order valence-electron chi connectivity index (χ4n) is 4.21. The number of anilines is 1. The van der Waals surface area contributed by atoms with Gasteiger partial charge in [0.05, 0.1) is 13.2 Å². The van der Waals surface area contributed by atoms with Crippen molar-refractivity contribution >= 4 is 23.5 Å². The van der Waals surface area contributed by atoms with Gasteiger partial charge in [-0.2, -0.15) is 0 Å². The number of H-pyrrole nitrogens is 1. The van der Waals surface area contributed by atoms with Crippen molar-refractivity contribution in [1.82, 2.24) is 19.8 Å². The van der Waals surface area contributed by atoms with Crippen LogP contribution in [0.5, 0.6) is 0 Å². The second kappa shape index (κ2) is 10.5. The van der Waals surface area contributed by atoms with Gasteiger partial charge in [-0.05, 0) is 31.0 Å². The van der Waals surface area contributed by atoms with Gasteiger partial charge in [0, 0.05) is 68.5 Å². The van der Waals surface area contributed by atoms with Crippen LogP contribution in [-0.2, 0) is 22.5 Å². The van der Waals surface area contributed by atoms with Crippen LogP contribution >= 0.6 is 11.6 Å². The van der Waals surface area contributed by atoms with Crippen LogP contribution in [0.3, 0.4) is 0 Å². The van der Waals surface area contributed by atoms with E-state index in [4.69, 9.17) is 16.3 Å². The third kappa shape index (κ3) is 5.68. The first-order valence-electron chi connectivity index (χ1n) is 11.2. The number of hydrogen-bond donors (Lipinski definition) is 1. The number of piperazine rings is 1. The minimum absolute atomic E-state index is 0.0900. The van der Waals surface area contributed by atoms with Crippen LogP contribution in [-0.4, -0.2) is 78.2 Å². The van der Waals surface area contributed by atoms with Crippen LogP contribution < -0.4 is 10.5 Å². The van der Waals surface area contributed by atoms with E-state index >= 15 is 0 Å². The molecule has 0 spiro atoms. The summed E-state index contributed by atoms with van der Waals surface area (Å²) in [6.07, 6.45) is 0.723. The van der Waals surface area contributed by atoms with Gasteiger partial charge < -0.3 is 14.5 Å². The number of aromatic amines is 1. The largest absolute Gasteiger partial charge is 0.378 e. The molecule has 1 aromatic carbocycles. The molecule has 1 aromatic heterocycles. The molecule has 172 valence electrons. The van der Waals surface area contributed by atoms with Gasteiger partial charge in [0.25, 0.3) is 5.56 Å². The Bertz CT molecular complexity index is 980. The van der Waals surface area contributed by atoms with Gasteiger partial charge in [-0.3, -0.25) is 19.5 Å². The lowest BCUT2D eigenvalue weighted by Gasteiger charge is -2.35. The molecule has 0 radical (unpaired) electrons. The van der Waals surface area contributed by atoms with Gasteiger partial charge in [-0.1, -0.05) is 23.7 Å². The molecule has 4 rings (SSSR count). The molecule has 1 amide bonds. The van der Waals surface area contributed by atoms with Crippen molar-refractivity contribution in [3.05, 3.63) is 56.5 Å². The maximum atomic E-state index is 12.7. The van der Waals surface area contributed by atoms with E-state index in [1.807, 2.05) is 41.0 Å². The van der Waals surface area contributed by atoms with Gasteiger partial charge in [-0.25, -0.2) is 4.98 Å². The number of amides is 1. The lowest BCUT2D eigenvalue weighted by molar-refractivity contribution is -0.133. The second-order valence-electron chi connectivity index (χ2n) is 8.34. The molecule has 2 aliphatic heterocycles. The van der Waals surface area contributed by atoms with E-state index in [2.05, 4.69) is 14.9 Å². The van der Waals surface area contributed by atoms with E-state index in [1.165, 1.54) is 5.56 Å². The van der Waals surface area contributed by atoms with Gasteiger partial charge >= 0.3 is 0 Å². The fourth-order valence-corrected chi connectivity index (χ4v) is 4.33. The monoisotopic (exact) mass is 459 g/mol. The quantitative estimate of drug-likeness (QED) is 0.710. The van der Waals surface area contributed by atoms with E-state index in [0.29, 0.717) is 69.4 Å². The van der Waals surface area contributed by atoms with Crippen LogP contribution in [0.2, 0.25) is 5.02 Å². The van der Waals surface area contributed by atoms with Crippen molar-refractivity contribution in [3.63, 3.8) is 0 Å². The number of nitrogens with zero attached hydrogens (tertiary/aromatic N) is 4. The number of halogens is 1. The maximum absolute atomic E-state index is 12.7. The van der Waals surface area contributed by atoms with Crippen molar-refractivity contribution in [2.75, 3.05) is 57.4 Å². The second-order valence-corrected chi connectivity index (χ2v) is 8.77. The molecule has 2 fully saturated rings. The number of morpholine rings is 1. The summed E-state index contributed by atoms with van der Waals surface area (Å²) in [4.78, 5) is 39.1. The Labute approximate surface area is 193 Å². The summed E-state index contributed by atoms with van der Waals surface area (Å²) in [7, 11) is 0. The Morgan fingerprint density at radius 2 is 1.78 bits per heavy atom. The molecule has 0 atom stereocenters. The summed E-state index contributed by atoms with van der Waals surface area (Å²) in [6.45, 7) is 8.47. The predicted octanol–water partition coefficient (Wildman–Crippen LogP) is 1.85. The van der Waals surface area contributed by atoms with Gasteiger partial charge in [0.2, 0.25) is 11.9 Å². The molecule has 3 heterocycles. The highest BCUT2D eigenvalue weighted by Gasteiger charge is 2.22. The van der Waals surface area contributed by atoms with E-state index in [1.54, 1.807) is 0 Å². The lowest BCUT2D eigenvalue weighted by atomic mass is 10.1. The average molecular weight is 460 g/mol. The molecule has 0 unspecified atom stereocenters. The van der Waals surface area contributed by atoms with Crippen molar-refractivity contribution in [3.8, 4) is 0 Å². The number of carbonyl (C=O) groups excluding carboxylic acids is 1. The number of ether oxygens (including phenoxy) is 1. The molecule has 0 saturated carbocycles. The van der Waals surface area contributed by atoms with E-state index in [-0.39, 0.29) is 11.5 Å². The number of rotatable bonds is 6. The number of nitrogens with one attached hydrogen (secondary N) is 1. The van der Waals surface area contributed by atoms with Gasteiger partial charge in [-0.15, -0.1) is 0 Å². The first-order chi connectivity index (χ1) is 15.5. The third-order valence-electron chi connectivity index (χ3n) is 6.15. The molecule has 0 aliphatic carbocycles. The normalized spacial score (nSPS) is 17.6. The molecule has 9 heteroatoms. The summed E-state index contributed by atoms with van der Waals surface area (Å²) in [6, 6.07) is 7.89. The minimum Gasteiger partial charge on any atom is -0.378 e. The van der Waals surface area contributed by atoms with E-state index in [9.17, 15) is 9.59 Å². The number of hydrogen-bond acceptors (Lipinski definition) is 6. The summed E-state index contributed by atoms with van der Waals surface area (Å²) < 4.78 is 5.36. The van der Waals surface area contributed by atoms with Gasteiger partial charge in [0.15, 0.2) is 0 Å². The molecular weight excluding hydrogens is 430 g/mol. The lowest BCUT2D eigenvalue weighted by Crippen LogP contribution is -2.48. The summed E-state index contributed by atoms with van der Waals surface area (Å²) in [5.41, 5.74) is 2.35. The zero-order valence-corrected chi connectivity index (χ0v) is 19.2. The first kappa shape index (κ1) is 22.8. The number of aromatic nitrogens is 2. The molecular formula is C23H30ClN5O3. The Morgan fingerprint density at radius 3 is 2.44 bits per heavy atom. The Morgan fingerprint density at radius 1 is 1.09 bits per heavy atom. The van der Waals surface area contributed by atoms with Crippen molar-refractivity contribution in [1.29, 1.82) is 0 Å². The summed E-state index contributed by atoms with van der Waals surface area (Å²) >= 11 is 5.96. The van der Waals surface area contributed by atoms with Crippen molar-refractivity contribution in [2.45, 2.75) is 26.3 Å². The van der Waals surface area contributed by atoms with Crippen LogP contribution in [0.25, 0.3) is 0 Å². The van der Waals surface area contributed by atoms with E-state index in [0.717, 1.165) is 24.7 Å². The number of aryl methyl sites for hydroxylation is 1. The SMILES string of the molecule is Cc1nc(N2CCOCC2)[nH]c(=O)c1CCC(=O)N1CCN(Cc2ccc(Cl)cc2)CC1. The zero-order chi connectivity index (χ0) is 22.5. The first-order valence-corrected chi connectivity index (χ1v) is 11.5.